The number of hydrogen-bond donors (Lipinski definition) is 4. The second-order valence-electron chi connectivity index (χ2n) is 16.5. The van der Waals surface area contributed by atoms with Gasteiger partial charge in [0.25, 0.3) is 0 Å². The smallest absolute Gasteiger partial charge is 0.870 e. The van der Waals surface area contributed by atoms with Crippen LogP contribution in [0.1, 0.15) is 74.9 Å². The third kappa shape index (κ3) is 21.8. The number of hydrogen-bond acceptors (Lipinski definition) is 14. The Kier molecular flexibility index (Phi) is 28.8. The van der Waals surface area contributed by atoms with Crippen molar-refractivity contribution >= 4 is 69.3 Å². The predicted molar refractivity (Wildman–Crippen MR) is 267 cm³/mol. The topological polar surface area (TPSA) is 237 Å². The van der Waals surface area contributed by atoms with Crippen LogP contribution in [0.25, 0.3) is 0 Å². The number of amides is 2. The van der Waals surface area contributed by atoms with E-state index in [-0.39, 0.29) is 37.2 Å². The number of rotatable bonds is 16. The van der Waals surface area contributed by atoms with E-state index in [2.05, 4.69) is 60.7 Å². The number of aliphatic carboxylic acids is 1. The molecule has 0 heterocycles. The summed E-state index contributed by atoms with van der Waals surface area (Å²) in [7, 11) is 5.62. The molecule has 20 heteroatoms. The molecule has 4 rings (SSSR count). The van der Waals surface area contributed by atoms with Gasteiger partial charge in [0.1, 0.15) is 36.5 Å². The number of alkyl carbamates (subject to hydrolysis) is 2. The molecular weight excluding hydrogens is 1110 g/mol. The quantitative estimate of drug-likeness (QED) is 0.0236. The molecule has 2 amide bonds. The van der Waals surface area contributed by atoms with Crippen molar-refractivity contribution in [3.05, 3.63) is 113 Å². The molecule has 4 aromatic carbocycles. The Balaban J connectivity index is 0.00000121. The van der Waals surface area contributed by atoms with Gasteiger partial charge in [-0.1, -0.05) is 72.8 Å². The Hall–Kier alpha value is -4.50. The maximum Gasteiger partial charge on any atom is 1.00 e. The largest absolute Gasteiger partial charge is 1.00 e. The van der Waals surface area contributed by atoms with Crippen LogP contribution in [0.2, 0.25) is 0 Å². The molecule has 0 spiro atoms. The van der Waals surface area contributed by atoms with Gasteiger partial charge < -0.3 is 54.4 Å². The van der Waals surface area contributed by atoms with Crippen molar-refractivity contribution in [2.75, 3.05) is 28.4 Å². The van der Waals surface area contributed by atoms with Crippen molar-refractivity contribution in [1.29, 1.82) is 0 Å². The van der Waals surface area contributed by atoms with E-state index >= 15 is 0 Å². The van der Waals surface area contributed by atoms with Crippen molar-refractivity contribution in [3.63, 3.8) is 0 Å². The zero-order chi connectivity index (χ0) is 49.8. The van der Waals surface area contributed by atoms with Gasteiger partial charge in [-0.25, -0.2) is 24.1 Å². The number of carbonyl (C=O) groups excluding carboxylic acids is 3. The molecule has 0 radical (unpaired) electrons. The maximum absolute atomic E-state index is 12.4. The van der Waals surface area contributed by atoms with E-state index in [4.69, 9.17) is 38.4 Å². The van der Waals surface area contributed by atoms with Crippen molar-refractivity contribution in [3.8, 4) is 23.0 Å². The van der Waals surface area contributed by atoms with Gasteiger partial charge in [-0.2, -0.15) is 0 Å². The third-order valence-electron chi connectivity index (χ3n) is 8.75. The number of carbonyl (C=O) groups is 4. The summed E-state index contributed by atoms with van der Waals surface area (Å²) in [5.41, 5.74) is 3.81. The van der Waals surface area contributed by atoms with Gasteiger partial charge in [0, 0.05) is 12.8 Å². The van der Waals surface area contributed by atoms with Gasteiger partial charge >= 0.3 is 43.0 Å². The number of ether oxygens (including phenoxy) is 7. The van der Waals surface area contributed by atoms with Crippen molar-refractivity contribution in [2.45, 2.75) is 105 Å². The molecule has 0 aliphatic rings. The minimum absolute atomic E-state index is 0. The number of esters is 1. The van der Waals surface area contributed by atoms with Gasteiger partial charge in [-0.15, -0.1) is 0 Å². The molecule has 4 aromatic rings. The van der Waals surface area contributed by atoms with Crippen LogP contribution in [0.3, 0.4) is 0 Å². The van der Waals surface area contributed by atoms with E-state index in [9.17, 15) is 24.3 Å². The zero-order valence-electron chi connectivity index (χ0n) is 40.9. The standard InChI is InChI=1S/C24H30INO6.C23H28INO6.CH4O2.Li.H2O/c1-15-12-17(13-18(22(27)30-6)26-23(28)32-24(2,3)4)19(25)21(20(15)29-5)31-14-16-10-8-7-9-11-16;1-14-11-16(12-17(21(26)27)25-22(28)31-23(2,3)4)18(24)20(19(14)29-5)30-13-15-9-7-6-8-10-15;1-3-2;;/h7-12,18H,13-14H2,1-6H3,(H,26,28);6-11,17H,12-13H2,1-5H3,(H,25,28)(H,26,27);2H,1H3;;1H2/q;;;+1;/p-1/t18-;17-;;;/m00.../s1. The molecule has 0 fully saturated rings. The first-order valence-corrected chi connectivity index (χ1v) is 22.7. The van der Waals surface area contributed by atoms with Crippen LogP contribution in [-0.4, -0.2) is 91.7 Å². The maximum atomic E-state index is 12.4. The average molecular weight is 1170 g/mol. The molecule has 2 atom stereocenters. The molecule has 0 unspecified atom stereocenters. The van der Waals surface area contributed by atoms with Crippen molar-refractivity contribution in [1.82, 2.24) is 10.6 Å². The molecule has 0 saturated carbocycles. The summed E-state index contributed by atoms with van der Waals surface area (Å²) in [6.07, 6.45) is -1.19. The average Bonchev–Trinajstić information content (AvgIpc) is 3.23. The summed E-state index contributed by atoms with van der Waals surface area (Å²) in [5.74, 6) is 0.643. The third-order valence-corrected chi connectivity index (χ3v) is 11.1. The monoisotopic (exact) mass is 1170 g/mol. The number of aryl methyl sites for hydroxylation is 2. The van der Waals surface area contributed by atoms with Crippen LogP contribution in [0.4, 0.5) is 9.59 Å². The summed E-state index contributed by atoms with van der Waals surface area (Å²) in [5, 5.41) is 21.8. The van der Waals surface area contributed by atoms with E-state index in [1.807, 2.05) is 86.6 Å². The number of benzene rings is 4. The van der Waals surface area contributed by atoms with Crippen LogP contribution in [0.5, 0.6) is 23.0 Å². The van der Waals surface area contributed by atoms with Gasteiger partial charge in [-0.05, 0) is 134 Å². The Bertz CT molecular complexity index is 2200. The van der Waals surface area contributed by atoms with E-state index in [1.54, 1.807) is 55.8 Å². The molecule has 17 nitrogen and oxygen atoms in total. The molecule has 370 valence electrons. The second kappa shape index (κ2) is 30.9. The van der Waals surface area contributed by atoms with Crippen LogP contribution >= 0.6 is 45.2 Å². The molecule has 0 bridgehead atoms. The van der Waals surface area contributed by atoms with Gasteiger partial charge in [-0.3, -0.25) is 5.26 Å². The molecule has 0 aromatic heterocycles. The van der Waals surface area contributed by atoms with Crippen LogP contribution < -0.4 is 48.4 Å². The number of halogens is 2. The van der Waals surface area contributed by atoms with E-state index in [1.165, 1.54) is 14.2 Å². The first-order valence-electron chi connectivity index (χ1n) is 20.5. The number of nitrogens with one attached hydrogen (secondary N) is 2. The zero-order valence-corrected chi connectivity index (χ0v) is 45.2. The van der Waals surface area contributed by atoms with E-state index in [0.717, 1.165) is 40.5 Å². The fraction of sp³-hybridized carbons (Fsp3) is 0.417. The molecule has 0 saturated heterocycles. The normalized spacial score (nSPS) is 11.4. The molecule has 5 N–H and O–H groups in total. The first-order chi connectivity index (χ1) is 31.0. The Labute approximate surface area is 438 Å². The Morgan fingerprint density at radius 3 is 1.26 bits per heavy atom. The van der Waals surface area contributed by atoms with E-state index < -0.39 is 47.4 Å². The van der Waals surface area contributed by atoms with Crippen molar-refractivity contribution in [2.24, 2.45) is 0 Å². The molecule has 68 heavy (non-hydrogen) atoms. The predicted octanol–water partition coefficient (Wildman–Crippen LogP) is 6.44. The Morgan fingerprint density at radius 2 is 0.956 bits per heavy atom. The molecular formula is C48H63I2LiN2O15. The number of carboxylic acid groups (broad SMARTS) is 1. The van der Waals surface area contributed by atoms with Gasteiger partial charge in [0.2, 0.25) is 0 Å². The Morgan fingerprint density at radius 1 is 0.618 bits per heavy atom. The summed E-state index contributed by atoms with van der Waals surface area (Å²) in [4.78, 5) is 51.8. The number of methoxy groups -OCH3 is 3. The van der Waals surface area contributed by atoms with Crippen LogP contribution in [0.15, 0.2) is 72.8 Å². The first kappa shape index (κ1) is 63.5. The fourth-order valence-electron chi connectivity index (χ4n) is 6.03. The number of carboxylic acids is 1. The van der Waals surface area contributed by atoms with Crippen LogP contribution in [-0.2, 0) is 54.7 Å². The molecule has 0 aliphatic carbocycles. The minimum Gasteiger partial charge on any atom is -0.870 e. The minimum atomic E-state index is -1.15. The summed E-state index contributed by atoms with van der Waals surface area (Å²) < 4.78 is 40.2. The SMILES string of the molecule is COC(=O)[C@H](Cc1cc(C)c(OC)c(OCc2ccccc2)c1I)NC(=O)OC(C)(C)C.COO.COc1c(C)cc(C[C@H](NC(=O)OC(C)(C)C)C(=O)O)c(I)c1OCc1ccccc1.[Li+].[OH-]. The van der Waals surface area contributed by atoms with Gasteiger partial charge in [0.05, 0.1) is 35.6 Å². The summed E-state index contributed by atoms with van der Waals surface area (Å²) in [6, 6.07) is 21.2. The van der Waals surface area contributed by atoms with Gasteiger partial charge in [0.15, 0.2) is 23.0 Å². The molecule has 0 aliphatic heterocycles. The van der Waals surface area contributed by atoms with E-state index in [0.29, 0.717) is 36.2 Å². The van der Waals surface area contributed by atoms with Crippen LogP contribution in [0, 0.1) is 21.0 Å². The van der Waals surface area contributed by atoms with Crippen molar-refractivity contribution < 1.29 is 91.9 Å². The summed E-state index contributed by atoms with van der Waals surface area (Å²) >= 11 is 4.29. The summed E-state index contributed by atoms with van der Waals surface area (Å²) in [6.45, 7) is 14.9. The fourth-order valence-corrected chi connectivity index (χ4v) is 7.58. The second-order valence-corrected chi connectivity index (χ2v) is 18.6.